The van der Waals surface area contributed by atoms with E-state index in [4.69, 9.17) is 12.2 Å². The molecule has 6 heteroatoms. The van der Waals surface area contributed by atoms with Crippen molar-refractivity contribution in [3.05, 3.63) is 52.4 Å². The Morgan fingerprint density at radius 1 is 1.33 bits per heavy atom. The standard InChI is InChI=1S/C18H19NO3S2/c1-13(11-14-7-4-3-5-8-14)12-15-17(21)19(18(23)24-15)10-6-9-16(20)22-2/h3-5,7-8,11-12H,6,9-10H2,1-2H3/b13-11+,15-12-. The monoisotopic (exact) mass is 361 g/mol. The highest BCUT2D eigenvalue weighted by molar-refractivity contribution is 8.26. The SMILES string of the molecule is COC(=O)CCCN1C(=O)/C(=C/C(C)=C/c2ccccc2)SC1=S. The maximum absolute atomic E-state index is 12.5. The average molecular weight is 361 g/mol. The molecule has 1 aliphatic rings. The van der Waals surface area contributed by atoms with Crippen molar-refractivity contribution < 1.29 is 14.3 Å². The van der Waals surface area contributed by atoms with Gasteiger partial charge in [0.15, 0.2) is 0 Å². The van der Waals surface area contributed by atoms with Crippen molar-refractivity contribution in [3.63, 3.8) is 0 Å². The number of thiocarbonyl (C=S) groups is 1. The maximum atomic E-state index is 12.5. The Bertz CT molecular complexity index is 695. The van der Waals surface area contributed by atoms with Crippen LogP contribution in [-0.2, 0) is 14.3 Å². The topological polar surface area (TPSA) is 46.6 Å². The average Bonchev–Trinajstić information content (AvgIpc) is 2.82. The molecule has 0 N–H and O–H groups in total. The van der Waals surface area contributed by atoms with E-state index in [9.17, 15) is 9.59 Å². The van der Waals surface area contributed by atoms with Crippen molar-refractivity contribution in [2.75, 3.05) is 13.7 Å². The van der Waals surface area contributed by atoms with Crippen LogP contribution in [0.4, 0.5) is 0 Å². The summed E-state index contributed by atoms with van der Waals surface area (Å²) in [6, 6.07) is 9.93. The highest BCUT2D eigenvalue weighted by Crippen LogP contribution is 2.32. The van der Waals surface area contributed by atoms with Crippen molar-refractivity contribution in [2.24, 2.45) is 0 Å². The van der Waals surface area contributed by atoms with E-state index in [1.807, 2.05) is 49.4 Å². The lowest BCUT2D eigenvalue weighted by Crippen LogP contribution is -2.29. The summed E-state index contributed by atoms with van der Waals surface area (Å²) in [5, 5.41) is 0. The van der Waals surface area contributed by atoms with Crippen LogP contribution in [0.15, 0.2) is 46.9 Å². The lowest BCUT2D eigenvalue weighted by molar-refractivity contribution is -0.141. The lowest BCUT2D eigenvalue weighted by atomic mass is 10.1. The van der Waals surface area contributed by atoms with Crippen LogP contribution in [0.1, 0.15) is 25.3 Å². The molecule has 1 aliphatic heterocycles. The predicted octanol–water partition coefficient (Wildman–Crippen LogP) is 3.79. The first-order valence-electron chi connectivity index (χ1n) is 7.57. The summed E-state index contributed by atoms with van der Waals surface area (Å²) in [7, 11) is 1.35. The summed E-state index contributed by atoms with van der Waals surface area (Å²) in [5.41, 5.74) is 2.07. The highest BCUT2D eigenvalue weighted by atomic mass is 32.2. The molecule has 1 amide bonds. The molecular weight excluding hydrogens is 342 g/mol. The largest absolute Gasteiger partial charge is 0.469 e. The van der Waals surface area contributed by atoms with Crippen molar-refractivity contribution in [1.29, 1.82) is 0 Å². The second-order valence-electron chi connectivity index (χ2n) is 5.31. The fourth-order valence-corrected chi connectivity index (χ4v) is 3.60. The minimum Gasteiger partial charge on any atom is -0.469 e. The van der Waals surface area contributed by atoms with Gasteiger partial charge in [0.25, 0.3) is 5.91 Å². The van der Waals surface area contributed by atoms with Crippen LogP contribution in [-0.4, -0.2) is 34.8 Å². The van der Waals surface area contributed by atoms with E-state index >= 15 is 0 Å². The zero-order valence-electron chi connectivity index (χ0n) is 13.7. The quantitative estimate of drug-likeness (QED) is 0.438. The number of carbonyl (C=O) groups is 2. The molecular formula is C18H19NO3S2. The van der Waals surface area contributed by atoms with Crippen LogP contribution in [0.5, 0.6) is 0 Å². The summed E-state index contributed by atoms with van der Waals surface area (Å²) >= 11 is 6.57. The molecule has 126 valence electrons. The van der Waals surface area contributed by atoms with Crippen LogP contribution in [0.3, 0.4) is 0 Å². The first-order valence-corrected chi connectivity index (χ1v) is 8.79. The van der Waals surface area contributed by atoms with Crippen LogP contribution in [0.2, 0.25) is 0 Å². The fraction of sp³-hybridized carbons (Fsp3) is 0.278. The van der Waals surface area contributed by atoms with Gasteiger partial charge in [0.1, 0.15) is 4.32 Å². The van der Waals surface area contributed by atoms with Crippen molar-refractivity contribution >= 4 is 46.3 Å². The Morgan fingerprint density at radius 2 is 2.04 bits per heavy atom. The van der Waals surface area contributed by atoms with Crippen LogP contribution in [0, 0.1) is 0 Å². The van der Waals surface area contributed by atoms with Gasteiger partial charge in [-0.2, -0.15) is 0 Å². The number of allylic oxidation sites excluding steroid dienone is 2. The van der Waals surface area contributed by atoms with E-state index in [-0.39, 0.29) is 18.3 Å². The van der Waals surface area contributed by atoms with Gasteiger partial charge in [0.05, 0.1) is 12.0 Å². The third kappa shape index (κ3) is 5.04. The van der Waals surface area contributed by atoms with Gasteiger partial charge in [0, 0.05) is 13.0 Å². The summed E-state index contributed by atoms with van der Waals surface area (Å²) in [6.07, 6.45) is 4.68. The molecule has 2 rings (SSSR count). The van der Waals surface area contributed by atoms with Crippen molar-refractivity contribution in [2.45, 2.75) is 19.8 Å². The molecule has 1 saturated heterocycles. The Hall–Kier alpha value is -1.92. The molecule has 0 bridgehead atoms. The van der Waals surface area contributed by atoms with Crippen LogP contribution in [0.25, 0.3) is 6.08 Å². The van der Waals surface area contributed by atoms with E-state index in [0.717, 1.165) is 11.1 Å². The molecule has 0 atom stereocenters. The van der Waals surface area contributed by atoms with Gasteiger partial charge < -0.3 is 4.74 Å². The zero-order valence-corrected chi connectivity index (χ0v) is 15.3. The fourth-order valence-electron chi connectivity index (χ4n) is 2.24. The number of amides is 1. The van der Waals surface area contributed by atoms with Gasteiger partial charge in [-0.1, -0.05) is 60.4 Å². The number of hydrogen-bond donors (Lipinski definition) is 0. The molecule has 0 saturated carbocycles. The number of nitrogens with zero attached hydrogens (tertiary/aromatic N) is 1. The van der Waals surface area contributed by atoms with E-state index < -0.39 is 0 Å². The molecule has 0 unspecified atom stereocenters. The summed E-state index contributed by atoms with van der Waals surface area (Å²) in [6.45, 7) is 2.38. The highest BCUT2D eigenvalue weighted by Gasteiger charge is 2.31. The minimum absolute atomic E-state index is 0.101. The summed E-state index contributed by atoms with van der Waals surface area (Å²) < 4.78 is 5.13. The Balaban J connectivity index is 2.02. The second kappa shape index (κ2) is 8.80. The minimum atomic E-state index is -0.280. The molecule has 1 heterocycles. The maximum Gasteiger partial charge on any atom is 0.305 e. The Labute approximate surface area is 151 Å². The first-order chi connectivity index (χ1) is 11.5. The van der Waals surface area contributed by atoms with E-state index in [2.05, 4.69) is 4.74 Å². The molecule has 0 aliphatic carbocycles. The summed E-state index contributed by atoms with van der Waals surface area (Å²) in [4.78, 5) is 25.8. The number of hydrogen-bond acceptors (Lipinski definition) is 5. The number of esters is 1. The van der Waals surface area contributed by atoms with E-state index in [1.165, 1.54) is 18.9 Å². The smallest absolute Gasteiger partial charge is 0.305 e. The summed E-state index contributed by atoms with van der Waals surface area (Å²) in [5.74, 6) is -0.381. The lowest BCUT2D eigenvalue weighted by Gasteiger charge is -2.13. The van der Waals surface area contributed by atoms with Gasteiger partial charge >= 0.3 is 5.97 Å². The molecule has 0 spiro atoms. The van der Waals surface area contributed by atoms with Crippen molar-refractivity contribution in [1.82, 2.24) is 4.90 Å². The number of thioether (sulfide) groups is 1. The normalized spacial score (nSPS) is 16.8. The molecule has 0 radical (unpaired) electrons. The molecule has 4 nitrogen and oxygen atoms in total. The Morgan fingerprint density at radius 3 is 2.71 bits per heavy atom. The molecule has 0 aromatic heterocycles. The predicted molar refractivity (Wildman–Crippen MR) is 101 cm³/mol. The third-order valence-electron chi connectivity index (χ3n) is 3.42. The number of methoxy groups -OCH3 is 1. The molecule has 1 fully saturated rings. The molecule has 24 heavy (non-hydrogen) atoms. The zero-order chi connectivity index (χ0) is 17.5. The number of ether oxygens (including phenoxy) is 1. The van der Waals surface area contributed by atoms with Gasteiger partial charge in [0.2, 0.25) is 0 Å². The van der Waals surface area contributed by atoms with Gasteiger partial charge in [-0.15, -0.1) is 0 Å². The molecule has 1 aromatic rings. The third-order valence-corrected chi connectivity index (χ3v) is 4.79. The number of rotatable bonds is 6. The van der Waals surface area contributed by atoms with Gasteiger partial charge in [-0.25, -0.2) is 0 Å². The van der Waals surface area contributed by atoms with E-state index in [0.29, 0.717) is 22.2 Å². The first kappa shape index (κ1) is 18.4. The Kier molecular flexibility index (Phi) is 6.75. The van der Waals surface area contributed by atoms with E-state index in [1.54, 1.807) is 4.90 Å². The van der Waals surface area contributed by atoms with Gasteiger partial charge in [-0.05, 0) is 30.6 Å². The second-order valence-corrected chi connectivity index (χ2v) is 6.99. The van der Waals surface area contributed by atoms with Crippen molar-refractivity contribution in [3.8, 4) is 0 Å². The van der Waals surface area contributed by atoms with Crippen LogP contribution >= 0.6 is 24.0 Å². The van der Waals surface area contributed by atoms with Gasteiger partial charge in [-0.3, -0.25) is 14.5 Å². The number of carbonyl (C=O) groups excluding carboxylic acids is 2. The van der Waals surface area contributed by atoms with Crippen LogP contribution < -0.4 is 0 Å². The molecule has 1 aromatic carbocycles. The number of benzene rings is 1.